The number of halogens is 2. The molecule has 4 saturated heterocycles. The first kappa shape index (κ1) is 53.5. The molecule has 6 heterocycles. The zero-order valence-corrected chi connectivity index (χ0v) is 45.7. The Morgan fingerprint density at radius 1 is 0.539 bits per heavy atom. The molecule has 4 fully saturated rings. The van der Waals surface area contributed by atoms with Gasteiger partial charge in [-0.2, -0.15) is 0 Å². The molecule has 0 spiro atoms. The normalized spacial score (nSPS) is 21.2. The molecule has 4 aromatic rings. The first-order chi connectivity index (χ1) is 36.5. The van der Waals surface area contributed by atoms with Crippen LogP contribution in [0.3, 0.4) is 0 Å². The summed E-state index contributed by atoms with van der Waals surface area (Å²) in [5.74, 6) is -1.40. The quantitative estimate of drug-likeness (QED) is 0.0386. The highest BCUT2D eigenvalue weighted by Crippen LogP contribution is 2.39. The van der Waals surface area contributed by atoms with Crippen molar-refractivity contribution < 1.29 is 37.4 Å². The second-order valence-electron chi connectivity index (χ2n) is 22.2. The van der Waals surface area contributed by atoms with Gasteiger partial charge in [0.25, 0.3) is 11.8 Å². The molecule has 2 amide bonds. The molecule has 0 N–H and O–H groups in total. The highest BCUT2D eigenvalue weighted by Gasteiger charge is 2.51. The molecule has 14 nitrogen and oxygen atoms in total. The van der Waals surface area contributed by atoms with E-state index >= 15 is 0 Å². The third-order valence-electron chi connectivity index (χ3n) is 16.8. The summed E-state index contributed by atoms with van der Waals surface area (Å²) in [5.41, 5.74) is 4.34. The van der Waals surface area contributed by atoms with Gasteiger partial charge in [-0.1, -0.05) is 25.7 Å². The average molecular weight is 1080 g/mol. The van der Waals surface area contributed by atoms with Gasteiger partial charge in [0.15, 0.2) is 16.4 Å². The number of unbranched alkanes of at least 4 members (excludes halogenated alkanes) is 6. The summed E-state index contributed by atoms with van der Waals surface area (Å²) in [6.45, 7) is 17.2. The number of hydrogen-bond acceptors (Lipinski definition) is 11. The SMILES string of the molecule is CC1(C)C(=O)N(c2ccc3c(c2)COC3=O)C(=S)N1CCCCCCN1CC[N+](c2ccc(F)cc2)(C2CN(CCCCCCN3C(=S)N(c4ccc5c(c4)COC5=O)C(=O)C3(C)C)CCN2c2ccc(F)cc2)CC1. The van der Waals surface area contributed by atoms with E-state index in [9.17, 15) is 28.0 Å². The van der Waals surface area contributed by atoms with Gasteiger partial charge in [0.05, 0.1) is 42.1 Å². The summed E-state index contributed by atoms with van der Waals surface area (Å²) in [5, 5.41) is 0.954. The Morgan fingerprint density at radius 3 is 1.46 bits per heavy atom. The van der Waals surface area contributed by atoms with E-state index in [1.54, 1.807) is 58.3 Å². The van der Waals surface area contributed by atoms with Crippen molar-refractivity contribution in [3.8, 4) is 0 Å². The second-order valence-corrected chi connectivity index (χ2v) is 22.9. The minimum Gasteiger partial charge on any atom is -0.457 e. The lowest BCUT2D eigenvalue weighted by Gasteiger charge is -2.55. The maximum atomic E-state index is 14.6. The Labute approximate surface area is 455 Å². The van der Waals surface area contributed by atoms with E-state index in [1.165, 1.54) is 0 Å². The minimum absolute atomic E-state index is 0.00837. The Kier molecular flexibility index (Phi) is 15.4. The van der Waals surface area contributed by atoms with Gasteiger partial charge in [0.1, 0.15) is 41.6 Å². The van der Waals surface area contributed by atoms with Crippen molar-refractivity contribution in [2.75, 3.05) is 86.7 Å². The van der Waals surface area contributed by atoms with Crippen LogP contribution in [0.25, 0.3) is 0 Å². The highest BCUT2D eigenvalue weighted by atomic mass is 32.1. The van der Waals surface area contributed by atoms with Crippen LogP contribution in [-0.4, -0.2) is 143 Å². The number of thiocarbonyl (C=S) groups is 2. The maximum Gasteiger partial charge on any atom is 0.338 e. The molecule has 18 heteroatoms. The molecular weight excluding hydrogens is 1010 g/mol. The Bertz CT molecular complexity index is 2900. The van der Waals surface area contributed by atoms with Crippen LogP contribution in [-0.2, 0) is 32.3 Å². The molecule has 0 bridgehead atoms. The summed E-state index contributed by atoms with van der Waals surface area (Å²) >= 11 is 11.8. The third-order valence-corrected chi connectivity index (χ3v) is 17.7. The first-order valence-corrected chi connectivity index (χ1v) is 27.8. The fourth-order valence-electron chi connectivity index (χ4n) is 12.2. The van der Waals surface area contributed by atoms with Crippen LogP contribution in [0.15, 0.2) is 84.9 Å². The molecule has 0 saturated carbocycles. The largest absolute Gasteiger partial charge is 0.457 e. The minimum atomic E-state index is -0.806. The monoisotopic (exact) mass is 1080 g/mol. The molecule has 6 aliphatic heterocycles. The summed E-state index contributed by atoms with van der Waals surface area (Å²) in [6.07, 6.45) is 7.88. The predicted molar refractivity (Wildman–Crippen MR) is 298 cm³/mol. The number of quaternary nitrogens is 1. The van der Waals surface area contributed by atoms with Crippen molar-refractivity contribution in [3.63, 3.8) is 0 Å². The molecule has 10 rings (SSSR count). The molecule has 402 valence electrons. The molecule has 6 aliphatic rings. The number of carbonyl (C=O) groups is 4. The molecule has 1 unspecified atom stereocenters. The molecule has 76 heavy (non-hydrogen) atoms. The van der Waals surface area contributed by atoms with Crippen LogP contribution in [0.1, 0.15) is 111 Å². The van der Waals surface area contributed by atoms with E-state index in [4.69, 9.17) is 33.9 Å². The summed E-state index contributed by atoms with van der Waals surface area (Å²) in [7, 11) is 0. The maximum absolute atomic E-state index is 14.6. The molecule has 0 aliphatic carbocycles. The van der Waals surface area contributed by atoms with E-state index in [1.807, 2.05) is 73.9 Å². The number of amides is 2. The molecule has 1 atom stereocenters. The summed E-state index contributed by atoms with van der Waals surface area (Å²) < 4.78 is 40.1. The number of benzene rings is 4. The first-order valence-electron chi connectivity index (χ1n) is 27.0. The van der Waals surface area contributed by atoms with Gasteiger partial charge in [-0.05, 0) is 164 Å². The Hall–Kier alpha value is -5.92. The Morgan fingerprint density at radius 2 is 0.974 bits per heavy atom. The van der Waals surface area contributed by atoms with Gasteiger partial charge in [0.2, 0.25) is 0 Å². The van der Waals surface area contributed by atoms with Gasteiger partial charge in [-0.15, -0.1) is 0 Å². The van der Waals surface area contributed by atoms with E-state index in [0.29, 0.717) is 50.3 Å². The standard InChI is InChI=1S/C58H69F2N8O6S2/c1-57(2)53(71)66(45-19-23-48-40(35-45)38-73-51(48)69)55(75)64(57)27-11-7-5-9-25-61-31-33-68(34-32-61,47-21-15-43(60)16-22-47)50-37-62(29-30-63(50)44-17-13-42(59)14-18-44)26-10-6-8-12-28-65-56(76)67(54(72)58(65,3)4)46-20-24-49-41(36-46)39-74-52(49)70/h13-24,35-36,50H,5-12,25-34,37-39H2,1-4H3/q+1. The summed E-state index contributed by atoms with van der Waals surface area (Å²) in [6, 6.07) is 24.5. The van der Waals surface area contributed by atoms with Crippen LogP contribution < -0.4 is 19.2 Å². The Balaban J connectivity index is 0.732. The lowest BCUT2D eigenvalue weighted by molar-refractivity contribution is -0.124. The molecular formula is C58H69F2N8O6S2+. The van der Waals surface area contributed by atoms with Crippen molar-refractivity contribution in [1.29, 1.82) is 0 Å². The van der Waals surface area contributed by atoms with Crippen molar-refractivity contribution in [2.45, 2.75) is 110 Å². The topological polar surface area (TPSA) is 109 Å². The van der Waals surface area contributed by atoms with Crippen LogP contribution in [0.4, 0.5) is 31.5 Å². The van der Waals surface area contributed by atoms with Gasteiger partial charge in [-0.3, -0.25) is 33.7 Å². The highest BCUT2D eigenvalue weighted by molar-refractivity contribution is 7.80. The number of fused-ring (bicyclic) bond motifs is 2. The number of ether oxygens (including phenoxy) is 2. The van der Waals surface area contributed by atoms with Crippen molar-refractivity contribution in [1.82, 2.24) is 24.1 Å². The average Bonchev–Trinajstić information content (AvgIpc) is 4.07. The van der Waals surface area contributed by atoms with Crippen LogP contribution >= 0.6 is 24.4 Å². The zero-order valence-electron chi connectivity index (χ0n) is 44.1. The zero-order chi connectivity index (χ0) is 53.5. The summed E-state index contributed by atoms with van der Waals surface area (Å²) in [4.78, 5) is 66.5. The van der Waals surface area contributed by atoms with E-state index in [0.717, 1.165) is 133 Å². The smallest absolute Gasteiger partial charge is 0.338 e. The van der Waals surface area contributed by atoms with Gasteiger partial charge >= 0.3 is 11.9 Å². The number of esters is 2. The third kappa shape index (κ3) is 10.2. The van der Waals surface area contributed by atoms with E-state index < -0.39 is 11.1 Å². The fourth-order valence-corrected chi connectivity index (χ4v) is 13.3. The number of rotatable bonds is 19. The number of carbonyl (C=O) groups excluding carboxylic acids is 4. The van der Waals surface area contributed by atoms with Crippen molar-refractivity contribution in [3.05, 3.63) is 119 Å². The number of nitrogens with zero attached hydrogens (tertiary/aromatic N) is 8. The predicted octanol–water partition coefficient (Wildman–Crippen LogP) is 9.02. The molecule has 4 aromatic carbocycles. The van der Waals surface area contributed by atoms with E-state index in [2.05, 4.69) is 14.7 Å². The number of hydrogen-bond donors (Lipinski definition) is 0. The lowest BCUT2D eigenvalue weighted by atomic mass is 10.0. The van der Waals surface area contributed by atoms with Crippen molar-refractivity contribution in [2.24, 2.45) is 0 Å². The van der Waals surface area contributed by atoms with E-state index in [-0.39, 0.29) is 54.8 Å². The van der Waals surface area contributed by atoms with Gasteiger partial charge in [0, 0.05) is 68.2 Å². The van der Waals surface area contributed by atoms with Crippen LogP contribution in [0.2, 0.25) is 0 Å². The van der Waals surface area contributed by atoms with Gasteiger partial charge < -0.3 is 24.2 Å². The fraction of sp³-hybridized carbons (Fsp3) is 0.483. The molecule has 0 aromatic heterocycles. The van der Waals surface area contributed by atoms with Crippen molar-refractivity contribution >= 4 is 81.2 Å². The number of cyclic esters (lactones) is 2. The number of anilines is 3. The number of piperazine rings is 2. The second kappa shape index (κ2) is 21.8. The van der Waals surface area contributed by atoms with Crippen LogP contribution in [0, 0.1) is 11.6 Å². The molecule has 0 radical (unpaired) electrons. The lowest BCUT2D eigenvalue weighted by Crippen LogP contribution is -2.74. The van der Waals surface area contributed by atoms with Gasteiger partial charge in [-0.25, -0.2) is 18.4 Å². The van der Waals surface area contributed by atoms with Crippen LogP contribution in [0.5, 0.6) is 0 Å².